The highest BCUT2D eigenvalue weighted by Crippen LogP contribution is 2.26. The Morgan fingerprint density at radius 1 is 0.886 bits per heavy atom. The zero-order valence-electron chi connectivity index (χ0n) is 22.5. The maximum atomic E-state index is 12.1. The number of hydrogen-bond acceptors (Lipinski definition) is 5. The van der Waals surface area contributed by atoms with Gasteiger partial charge in [-0.2, -0.15) is 0 Å². The van der Waals surface area contributed by atoms with Crippen LogP contribution in [0.3, 0.4) is 0 Å². The number of aliphatic hydroxyl groups is 1. The van der Waals surface area contributed by atoms with E-state index >= 15 is 0 Å². The van der Waals surface area contributed by atoms with Crippen molar-refractivity contribution in [3.8, 4) is 0 Å². The maximum absolute atomic E-state index is 12.1. The second-order valence-electron chi connectivity index (χ2n) is 10.4. The number of nitrogens with one attached hydrogen (secondary N) is 2. The van der Waals surface area contributed by atoms with Gasteiger partial charge >= 0.3 is 5.97 Å². The van der Waals surface area contributed by atoms with E-state index in [1.54, 1.807) is 0 Å². The summed E-state index contributed by atoms with van der Waals surface area (Å²) in [5.74, 6) is -1.14. The molecule has 0 spiro atoms. The molecule has 2 unspecified atom stereocenters. The van der Waals surface area contributed by atoms with Crippen molar-refractivity contribution in [3.05, 3.63) is 0 Å². The fourth-order valence-corrected chi connectivity index (χ4v) is 4.92. The average molecular weight is 499 g/mol. The molecule has 7 nitrogen and oxygen atoms in total. The lowest BCUT2D eigenvalue weighted by molar-refractivity contribution is -0.154. The van der Waals surface area contributed by atoms with Crippen molar-refractivity contribution in [3.63, 3.8) is 0 Å². The molecule has 0 aromatic carbocycles. The first-order chi connectivity index (χ1) is 17.0. The number of carboxylic acids is 1. The average Bonchev–Trinajstić information content (AvgIpc) is 2.84. The zero-order chi connectivity index (χ0) is 25.6. The van der Waals surface area contributed by atoms with Crippen molar-refractivity contribution in [2.75, 3.05) is 26.2 Å². The lowest BCUT2D eigenvalue weighted by Gasteiger charge is -2.38. The van der Waals surface area contributed by atoms with Gasteiger partial charge in [0.2, 0.25) is 5.91 Å². The van der Waals surface area contributed by atoms with Gasteiger partial charge in [-0.1, -0.05) is 96.8 Å². The maximum Gasteiger partial charge on any atom is 0.332 e. The van der Waals surface area contributed by atoms with Gasteiger partial charge in [-0.05, 0) is 19.3 Å². The van der Waals surface area contributed by atoms with Gasteiger partial charge in [0.15, 0.2) is 6.10 Å². The molecule has 1 fully saturated rings. The summed E-state index contributed by atoms with van der Waals surface area (Å²) < 4.78 is 5.86. The molecular weight excluding hydrogens is 444 g/mol. The summed E-state index contributed by atoms with van der Waals surface area (Å²) >= 11 is 0. The van der Waals surface area contributed by atoms with Crippen molar-refractivity contribution >= 4 is 11.9 Å². The van der Waals surface area contributed by atoms with Crippen molar-refractivity contribution in [1.82, 2.24) is 10.6 Å². The Morgan fingerprint density at radius 2 is 1.43 bits per heavy atom. The Kier molecular flexibility index (Phi) is 19.1. The van der Waals surface area contributed by atoms with Crippen LogP contribution in [0.4, 0.5) is 0 Å². The Morgan fingerprint density at radius 3 is 1.91 bits per heavy atom. The van der Waals surface area contributed by atoms with Crippen molar-refractivity contribution in [2.45, 2.75) is 141 Å². The highest BCUT2D eigenvalue weighted by atomic mass is 16.5. The third kappa shape index (κ3) is 17.0. The molecule has 0 bridgehead atoms. The van der Waals surface area contributed by atoms with Crippen molar-refractivity contribution < 1.29 is 24.5 Å². The van der Waals surface area contributed by atoms with E-state index in [0.29, 0.717) is 39.0 Å². The smallest absolute Gasteiger partial charge is 0.332 e. The molecule has 1 rings (SSSR count). The number of carbonyl (C=O) groups is 2. The molecule has 0 aromatic rings. The Balaban J connectivity index is 1.95. The summed E-state index contributed by atoms with van der Waals surface area (Å²) in [6, 6.07) is 0. The normalized spacial score (nSPS) is 18.9. The third-order valence-electron chi connectivity index (χ3n) is 7.12. The molecule has 0 aliphatic carbocycles. The van der Waals surface area contributed by atoms with Crippen LogP contribution < -0.4 is 10.6 Å². The first kappa shape index (κ1) is 31.8. The largest absolute Gasteiger partial charge is 0.479 e. The van der Waals surface area contributed by atoms with Crippen LogP contribution >= 0.6 is 0 Å². The van der Waals surface area contributed by atoms with Gasteiger partial charge in [-0.25, -0.2) is 4.79 Å². The van der Waals surface area contributed by atoms with Gasteiger partial charge in [0.1, 0.15) is 0 Å². The second-order valence-corrected chi connectivity index (χ2v) is 10.4. The molecule has 4 N–H and O–H groups in total. The van der Waals surface area contributed by atoms with Crippen LogP contribution in [0.5, 0.6) is 0 Å². The number of rotatable bonds is 23. The van der Waals surface area contributed by atoms with Gasteiger partial charge in [-0.3, -0.25) is 4.79 Å². The minimum Gasteiger partial charge on any atom is -0.479 e. The Hall–Kier alpha value is -1.18. The second kappa shape index (κ2) is 21.0. The summed E-state index contributed by atoms with van der Waals surface area (Å²) in [5, 5.41) is 25.0. The van der Waals surface area contributed by atoms with Gasteiger partial charge in [0, 0.05) is 32.5 Å². The molecule has 7 heteroatoms. The number of ether oxygens (including phenoxy) is 1. The van der Waals surface area contributed by atoms with Crippen LogP contribution in [0.25, 0.3) is 0 Å². The first-order valence-electron chi connectivity index (χ1n) is 14.5. The number of morpholine rings is 1. The molecule has 1 aliphatic heterocycles. The molecule has 35 heavy (non-hydrogen) atoms. The predicted octanol–water partition coefficient (Wildman–Crippen LogP) is 5.34. The van der Waals surface area contributed by atoms with E-state index in [0.717, 1.165) is 19.4 Å². The van der Waals surface area contributed by atoms with E-state index in [9.17, 15) is 14.7 Å². The van der Waals surface area contributed by atoms with Gasteiger partial charge in [0.05, 0.1) is 12.2 Å². The highest BCUT2D eigenvalue weighted by Gasteiger charge is 2.37. The lowest BCUT2D eigenvalue weighted by atomic mass is 9.89. The number of carbonyl (C=O) groups excluding carboxylic acids is 1. The van der Waals surface area contributed by atoms with Crippen molar-refractivity contribution in [1.29, 1.82) is 0 Å². The lowest BCUT2D eigenvalue weighted by Crippen LogP contribution is -2.52. The quantitative estimate of drug-likeness (QED) is 0.142. The van der Waals surface area contributed by atoms with Crippen LogP contribution in [-0.4, -0.2) is 60.0 Å². The number of unbranched alkanes of at least 4 members (excludes halogenated alkanes) is 14. The molecule has 1 saturated heterocycles. The van der Waals surface area contributed by atoms with Gasteiger partial charge < -0.3 is 25.6 Å². The minimum absolute atomic E-state index is 0.0579. The summed E-state index contributed by atoms with van der Waals surface area (Å²) in [5.41, 5.74) is -0.685. The van der Waals surface area contributed by atoms with Gasteiger partial charge in [0.25, 0.3) is 0 Å². The molecule has 0 radical (unpaired) electrons. The van der Waals surface area contributed by atoms with E-state index in [1.165, 1.54) is 83.5 Å². The van der Waals surface area contributed by atoms with Crippen LogP contribution in [-0.2, 0) is 14.3 Å². The van der Waals surface area contributed by atoms with E-state index in [1.807, 2.05) is 0 Å². The topological polar surface area (TPSA) is 108 Å². The standard InChI is InChI=1S/C28H54N2O5/c1-2-3-4-5-6-7-8-9-10-11-12-13-14-15-16-18-26(32)30-20-17-19-28(23-25(31)27(33)34)24-29-21-22-35-28/h25,29,31H,2-24H2,1H3,(H,30,32)(H,33,34). The molecule has 2 atom stereocenters. The van der Waals surface area contributed by atoms with Gasteiger partial charge in [-0.15, -0.1) is 0 Å². The number of aliphatic carboxylic acids is 1. The SMILES string of the molecule is CCCCCCCCCCCCCCCCCC(=O)NCCCC1(CC(O)C(=O)O)CNCCO1. The van der Waals surface area contributed by atoms with Crippen molar-refractivity contribution in [2.24, 2.45) is 0 Å². The summed E-state index contributed by atoms with van der Waals surface area (Å²) in [4.78, 5) is 23.1. The van der Waals surface area contributed by atoms with Crippen LogP contribution in [0, 0.1) is 0 Å². The van der Waals surface area contributed by atoms with Crippen LogP contribution in [0.2, 0.25) is 0 Å². The highest BCUT2D eigenvalue weighted by molar-refractivity contribution is 5.75. The minimum atomic E-state index is -1.44. The third-order valence-corrected chi connectivity index (χ3v) is 7.12. The Bertz CT molecular complexity index is 537. The molecule has 1 aliphatic rings. The molecular formula is C28H54N2O5. The predicted molar refractivity (Wildman–Crippen MR) is 142 cm³/mol. The fraction of sp³-hybridized carbons (Fsp3) is 0.929. The number of hydrogen-bond donors (Lipinski definition) is 4. The van der Waals surface area contributed by atoms with E-state index < -0.39 is 17.7 Å². The first-order valence-corrected chi connectivity index (χ1v) is 14.5. The summed E-state index contributed by atoms with van der Waals surface area (Å²) in [6.07, 6.45) is 20.2. The number of carboxylic acid groups (broad SMARTS) is 1. The number of aliphatic hydroxyl groups excluding tert-OH is 1. The van der Waals surface area contributed by atoms with Crippen LogP contribution in [0.1, 0.15) is 129 Å². The molecule has 1 amide bonds. The molecule has 1 heterocycles. The summed E-state index contributed by atoms with van der Waals surface area (Å²) in [6.45, 7) is 4.55. The zero-order valence-corrected chi connectivity index (χ0v) is 22.5. The van der Waals surface area contributed by atoms with Crippen LogP contribution in [0.15, 0.2) is 0 Å². The Labute approximate surface area is 214 Å². The number of amides is 1. The molecule has 0 aromatic heterocycles. The summed E-state index contributed by atoms with van der Waals surface area (Å²) in [7, 11) is 0. The molecule has 206 valence electrons. The molecule has 0 saturated carbocycles. The van der Waals surface area contributed by atoms with E-state index in [2.05, 4.69) is 17.6 Å². The van der Waals surface area contributed by atoms with E-state index in [4.69, 9.17) is 9.84 Å². The monoisotopic (exact) mass is 498 g/mol. The fourth-order valence-electron chi connectivity index (χ4n) is 4.92. The van der Waals surface area contributed by atoms with E-state index in [-0.39, 0.29) is 12.3 Å².